The van der Waals surface area contributed by atoms with Crippen molar-refractivity contribution in [2.45, 2.75) is 71.3 Å². The topological polar surface area (TPSA) is 74.6 Å². The van der Waals surface area contributed by atoms with Gasteiger partial charge in [0.05, 0.1) is 0 Å². The van der Waals surface area contributed by atoms with Crippen molar-refractivity contribution in [3.63, 3.8) is 0 Å². The largest absolute Gasteiger partial charge is 0.388 e. The zero-order chi connectivity index (χ0) is 18.9. The van der Waals surface area contributed by atoms with Gasteiger partial charge in [0.15, 0.2) is 5.78 Å². The van der Waals surface area contributed by atoms with Crippen molar-refractivity contribution in [3.05, 3.63) is 11.6 Å². The van der Waals surface area contributed by atoms with Crippen molar-refractivity contribution in [3.8, 4) is 0 Å². The van der Waals surface area contributed by atoms with Crippen molar-refractivity contribution in [2.24, 2.45) is 34.5 Å². The molecule has 26 heavy (non-hydrogen) atoms. The molecule has 7 atom stereocenters. The smallest absolute Gasteiger partial charge is 0.190 e. The average Bonchev–Trinajstić information content (AvgIpc) is 2.83. The van der Waals surface area contributed by atoms with Gasteiger partial charge in [-0.05, 0) is 61.2 Å². The van der Waals surface area contributed by atoms with Crippen LogP contribution in [-0.4, -0.2) is 34.0 Å². The maximum Gasteiger partial charge on any atom is 0.190 e. The van der Waals surface area contributed by atoms with E-state index in [2.05, 4.69) is 19.9 Å². The molecule has 3 saturated carbocycles. The molecule has 4 rings (SSSR count). The molecule has 0 aromatic heterocycles. The second-order valence-electron chi connectivity index (χ2n) is 9.91. The molecule has 4 nitrogen and oxygen atoms in total. The third kappa shape index (κ3) is 2.09. The summed E-state index contributed by atoms with van der Waals surface area (Å²) in [6.45, 7) is 5.77. The highest BCUT2D eigenvalue weighted by Gasteiger charge is 2.67. The second-order valence-corrected chi connectivity index (χ2v) is 9.91. The Labute approximate surface area is 156 Å². The van der Waals surface area contributed by atoms with E-state index in [1.54, 1.807) is 0 Å². The van der Waals surface area contributed by atoms with Crippen LogP contribution in [0.5, 0.6) is 0 Å². The van der Waals surface area contributed by atoms with Crippen LogP contribution in [0.4, 0.5) is 0 Å². The normalized spacial score (nSPS) is 50.5. The first-order chi connectivity index (χ1) is 12.2. The van der Waals surface area contributed by atoms with Gasteiger partial charge in [-0.3, -0.25) is 9.59 Å². The number of hydrogen-bond donors (Lipinski definition) is 2. The molecule has 0 amide bonds. The summed E-state index contributed by atoms with van der Waals surface area (Å²) in [7, 11) is 0. The molecular weight excluding hydrogens is 328 g/mol. The first kappa shape index (κ1) is 18.4. The minimum absolute atomic E-state index is 0.100. The number of carbonyl (C=O) groups excluding carboxylic acids is 2. The number of aliphatic hydroxyl groups excluding tert-OH is 1. The van der Waals surface area contributed by atoms with Gasteiger partial charge in [-0.15, -0.1) is 0 Å². The van der Waals surface area contributed by atoms with Crippen molar-refractivity contribution in [1.82, 2.24) is 0 Å². The van der Waals surface area contributed by atoms with Gasteiger partial charge in [0, 0.05) is 18.3 Å². The molecule has 0 heterocycles. The average molecular weight is 360 g/mol. The second kappa shape index (κ2) is 5.75. The molecule has 0 saturated heterocycles. The standard InChI is InChI=1S/C22H32O4/c1-13-10-18-16-5-4-14-11-15(24)6-8-20(14,2)17(16)7-9-21(18,3)22(13,26)19(25)12-23/h7,13-14,16,18,23,26H,4-6,8-12H2,1-3H3/t13-,14-,16?,18?,20+,21-,22+/m0/s1. The van der Waals surface area contributed by atoms with Crippen LogP contribution in [0.3, 0.4) is 0 Å². The van der Waals surface area contributed by atoms with Crippen LogP contribution in [0.1, 0.15) is 65.7 Å². The van der Waals surface area contributed by atoms with Crippen molar-refractivity contribution >= 4 is 11.6 Å². The van der Waals surface area contributed by atoms with E-state index in [0.29, 0.717) is 36.9 Å². The number of allylic oxidation sites excluding steroid dienone is 2. The predicted octanol–water partition coefficient (Wildman–Crippen LogP) is 3.06. The Kier molecular flexibility index (Phi) is 4.06. The number of hydrogen-bond acceptors (Lipinski definition) is 4. The lowest BCUT2D eigenvalue weighted by Crippen LogP contribution is -2.58. The van der Waals surface area contributed by atoms with E-state index in [0.717, 1.165) is 25.7 Å². The number of fused-ring (bicyclic) bond motifs is 5. The van der Waals surface area contributed by atoms with Crippen LogP contribution < -0.4 is 0 Å². The summed E-state index contributed by atoms with van der Waals surface area (Å²) in [4.78, 5) is 24.5. The zero-order valence-electron chi connectivity index (χ0n) is 16.3. The van der Waals surface area contributed by atoms with Gasteiger partial charge in [-0.1, -0.05) is 32.4 Å². The first-order valence-electron chi connectivity index (χ1n) is 10.3. The fourth-order valence-corrected chi connectivity index (χ4v) is 7.38. The molecule has 4 heteroatoms. The monoisotopic (exact) mass is 360 g/mol. The van der Waals surface area contributed by atoms with E-state index in [1.807, 2.05) is 6.92 Å². The number of rotatable bonds is 2. The molecule has 4 aliphatic rings. The lowest BCUT2D eigenvalue weighted by molar-refractivity contribution is -0.162. The van der Waals surface area contributed by atoms with Gasteiger partial charge in [0.25, 0.3) is 0 Å². The Balaban J connectivity index is 1.74. The molecular formula is C22H32O4. The van der Waals surface area contributed by atoms with E-state index in [1.165, 1.54) is 5.57 Å². The number of ketones is 2. The first-order valence-corrected chi connectivity index (χ1v) is 10.3. The fourth-order valence-electron chi connectivity index (χ4n) is 7.38. The molecule has 0 bridgehead atoms. The summed E-state index contributed by atoms with van der Waals surface area (Å²) < 4.78 is 0. The SMILES string of the molecule is C[C@H]1CC2C3CC[C@H]4CC(=O)CC[C@@]4(C)C3=CC[C@]2(C)[C@]1(O)C(=O)CO. The van der Waals surface area contributed by atoms with E-state index in [4.69, 9.17) is 0 Å². The van der Waals surface area contributed by atoms with Crippen LogP contribution in [0, 0.1) is 34.5 Å². The van der Waals surface area contributed by atoms with Gasteiger partial charge in [0.1, 0.15) is 18.0 Å². The van der Waals surface area contributed by atoms with Crippen molar-refractivity contribution < 1.29 is 19.8 Å². The predicted molar refractivity (Wildman–Crippen MR) is 98.3 cm³/mol. The number of aliphatic hydroxyl groups is 2. The molecule has 0 aromatic rings. The molecule has 0 aliphatic heterocycles. The number of Topliss-reactive ketones (excluding diaryl/α,β-unsaturated/α-hetero) is 2. The van der Waals surface area contributed by atoms with Gasteiger partial charge in [0.2, 0.25) is 0 Å². The Morgan fingerprint density at radius 3 is 2.73 bits per heavy atom. The summed E-state index contributed by atoms with van der Waals surface area (Å²) in [6.07, 6.45) is 8.28. The van der Waals surface area contributed by atoms with Gasteiger partial charge < -0.3 is 10.2 Å². The highest BCUT2D eigenvalue weighted by atomic mass is 16.3. The molecule has 4 aliphatic carbocycles. The Bertz CT molecular complexity index is 682. The fraction of sp³-hybridized carbons (Fsp3) is 0.818. The van der Waals surface area contributed by atoms with Crippen LogP contribution in [0.15, 0.2) is 11.6 Å². The molecule has 3 fully saturated rings. The van der Waals surface area contributed by atoms with Crippen molar-refractivity contribution in [1.29, 1.82) is 0 Å². The van der Waals surface area contributed by atoms with Crippen LogP contribution in [-0.2, 0) is 9.59 Å². The Morgan fingerprint density at radius 1 is 1.31 bits per heavy atom. The quantitative estimate of drug-likeness (QED) is 0.742. The molecule has 0 spiro atoms. The molecule has 0 radical (unpaired) electrons. The minimum Gasteiger partial charge on any atom is -0.388 e. The molecule has 2 N–H and O–H groups in total. The van der Waals surface area contributed by atoms with Crippen molar-refractivity contribution in [2.75, 3.05) is 6.61 Å². The third-order valence-corrected chi connectivity index (χ3v) is 8.99. The lowest BCUT2D eigenvalue weighted by Gasteiger charge is -2.56. The lowest BCUT2D eigenvalue weighted by atomic mass is 9.48. The summed E-state index contributed by atoms with van der Waals surface area (Å²) in [5.41, 5.74) is -0.344. The van der Waals surface area contributed by atoms with Crippen LogP contribution >= 0.6 is 0 Å². The van der Waals surface area contributed by atoms with E-state index in [9.17, 15) is 19.8 Å². The summed E-state index contributed by atoms with van der Waals surface area (Å²) in [6, 6.07) is 0. The molecule has 0 aromatic carbocycles. The maximum atomic E-state index is 12.5. The Morgan fingerprint density at radius 2 is 2.04 bits per heavy atom. The zero-order valence-corrected chi connectivity index (χ0v) is 16.3. The number of carbonyl (C=O) groups is 2. The summed E-state index contributed by atoms with van der Waals surface area (Å²) in [5.74, 6) is 0.968. The summed E-state index contributed by atoms with van der Waals surface area (Å²) >= 11 is 0. The summed E-state index contributed by atoms with van der Waals surface area (Å²) in [5, 5.41) is 20.9. The van der Waals surface area contributed by atoms with E-state index in [-0.39, 0.29) is 17.3 Å². The highest BCUT2D eigenvalue weighted by Crippen LogP contribution is 2.67. The Hall–Kier alpha value is -1.00. The van der Waals surface area contributed by atoms with E-state index >= 15 is 0 Å². The third-order valence-electron chi connectivity index (χ3n) is 8.99. The van der Waals surface area contributed by atoms with Crippen LogP contribution in [0.25, 0.3) is 0 Å². The van der Waals surface area contributed by atoms with Gasteiger partial charge >= 0.3 is 0 Å². The highest BCUT2D eigenvalue weighted by molar-refractivity contribution is 5.90. The van der Waals surface area contributed by atoms with Crippen LogP contribution in [0.2, 0.25) is 0 Å². The molecule has 144 valence electrons. The molecule has 2 unspecified atom stereocenters. The minimum atomic E-state index is -1.44. The van der Waals surface area contributed by atoms with E-state index < -0.39 is 23.4 Å². The van der Waals surface area contributed by atoms with Gasteiger partial charge in [-0.2, -0.15) is 0 Å². The maximum absolute atomic E-state index is 12.5. The van der Waals surface area contributed by atoms with Gasteiger partial charge in [-0.25, -0.2) is 0 Å².